The third-order valence-electron chi connectivity index (χ3n) is 4.88. The van der Waals surface area contributed by atoms with Gasteiger partial charge in [-0.25, -0.2) is 0 Å². The van der Waals surface area contributed by atoms with Crippen LogP contribution in [0.3, 0.4) is 0 Å². The molecule has 1 saturated heterocycles. The second-order valence-corrected chi connectivity index (χ2v) is 6.72. The molecule has 126 valence electrons. The zero-order valence-electron chi connectivity index (χ0n) is 13.6. The summed E-state index contributed by atoms with van der Waals surface area (Å²) in [5.41, 5.74) is 3.16. The number of nitrogens with one attached hydrogen (secondary N) is 3. The first kappa shape index (κ1) is 15.0. The number of hydrogen-bond acceptors (Lipinski definition) is 3. The molecule has 4 rings (SSSR count). The van der Waals surface area contributed by atoms with Crippen molar-refractivity contribution in [2.24, 2.45) is 0 Å². The van der Waals surface area contributed by atoms with E-state index >= 15 is 0 Å². The highest BCUT2D eigenvalue weighted by Gasteiger charge is 2.34. The maximum Gasteiger partial charge on any atom is 0.268 e. The molecule has 0 spiro atoms. The Bertz CT molecular complexity index is 774. The lowest BCUT2D eigenvalue weighted by Gasteiger charge is -2.17. The molecule has 0 bridgehead atoms. The first-order valence-electron chi connectivity index (χ1n) is 8.41. The van der Waals surface area contributed by atoms with E-state index in [0.717, 1.165) is 30.5 Å². The zero-order valence-corrected chi connectivity index (χ0v) is 13.6. The van der Waals surface area contributed by atoms with Crippen LogP contribution in [-0.2, 0) is 0 Å². The first-order chi connectivity index (χ1) is 11.6. The lowest BCUT2D eigenvalue weighted by molar-refractivity contribution is 0.0782. The Kier molecular flexibility index (Phi) is 3.63. The SMILES string of the molecule is Cc1cc[nH]c1C(=O)N[C@H]1CCN(C(=O)c2cn[nH]c2C2CC2)C1. The van der Waals surface area contributed by atoms with Crippen molar-refractivity contribution in [2.75, 3.05) is 13.1 Å². The summed E-state index contributed by atoms with van der Waals surface area (Å²) in [5, 5.41) is 10.0. The summed E-state index contributed by atoms with van der Waals surface area (Å²) >= 11 is 0. The molecule has 3 N–H and O–H groups in total. The van der Waals surface area contributed by atoms with Gasteiger partial charge in [-0.05, 0) is 37.8 Å². The molecule has 1 aliphatic carbocycles. The molecule has 2 fully saturated rings. The van der Waals surface area contributed by atoms with Crippen molar-refractivity contribution in [1.29, 1.82) is 0 Å². The van der Waals surface area contributed by atoms with Crippen molar-refractivity contribution in [2.45, 2.75) is 38.1 Å². The Labute approximate surface area is 139 Å². The molecule has 2 aromatic rings. The van der Waals surface area contributed by atoms with Gasteiger partial charge in [0.15, 0.2) is 0 Å². The van der Waals surface area contributed by atoms with E-state index in [1.54, 1.807) is 12.4 Å². The van der Waals surface area contributed by atoms with E-state index < -0.39 is 0 Å². The van der Waals surface area contributed by atoms with Crippen LogP contribution in [0.1, 0.15) is 57.3 Å². The Morgan fingerprint density at radius 2 is 2.17 bits per heavy atom. The molecule has 3 heterocycles. The van der Waals surface area contributed by atoms with Gasteiger partial charge in [0.1, 0.15) is 5.69 Å². The zero-order chi connectivity index (χ0) is 16.7. The van der Waals surface area contributed by atoms with Crippen molar-refractivity contribution in [3.05, 3.63) is 41.0 Å². The van der Waals surface area contributed by atoms with Crippen LogP contribution in [0.4, 0.5) is 0 Å². The van der Waals surface area contributed by atoms with E-state index in [2.05, 4.69) is 20.5 Å². The van der Waals surface area contributed by atoms with E-state index in [-0.39, 0.29) is 17.9 Å². The summed E-state index contributed by atoms with van der Waals surface area (Å²) in [4.78, 5) is 29.8. The second kappa shape index (κ2) is 5.81. The number of aryl methyl sites for hydroxylation is 1. The van der Waals surface area contributed by atoms with Crippen molar-refractivity contribution < 1.29 is 9.59 Å². The van der Waals surface area contributed by atoms with Crippen LogP contribution in [0.2, 0.25) is 0 Å². The highest BCUT2D eigenvalue weighted by molar-refractivity contribution is 5.96. The third kappa shape index (κ3) is 2.70. The van der Waals surface area contributed by atoms with Gasteiger partial charge in [0, 0.05) is 31.2 Å². The van der Waals surface area contributed by atoms with Crippen LogP contribution >= 0.6 is 0 Å². The molecule has 2 aromatic heterocycles. The van der Waals surface area contributed by atoms with Gasteiger partial charge in [0.25, 0.3) is 11.8 Å². The molecular formula is C17H21N5O2. The molecule has 2 aliphatic rings. The summed E-state index contributed by atoms with van der Waals surface area (Å²) in [6.07, 6.45) is 6.40. The van der Waals surface area contributed by atoms with E-state index in [1.807, 2.05) is 17.9 Å². The minimum atomic E-state index is -0.112. The number of nitrogens with zero attached hydrogens (tertiary/aromatic N) is 2. The van der Waals surface area contributed by atoms with E-state index in [0.29, 0.717) is 30.3 Å². The minimum absolute atomic E-state index is 0.0125. The molecule has 0 aromatic carbocycles. The average Bonchev–Trinajstić information content (AvgIpc) is 2.99. The summed E-state index contributed by atoms with van der Waals surface area (Å²) in [7, 11) is 0. The number of carbonyl (C=O) groups is 2. The number of likely N-dealkylation sites (tertiary alicyclic amines) is 1. The Balaban J connectivity index is 1.39. The molecule has 1 atom stereocenters. The van der Waals surface area contributed by atoms with Crippen LogP contribution in [-0.4, -0.2) is 51.0 Å². The van der Waals surface area contributed by atoms with E-state index in [9.17, 15) is 9.59 Å². The Hall–Kier alpha value is -2.57. The van der Waals surface area contributed by atoms with Crippen LogP contribution in [0, 0.1) is 6.92 Å². The highest BCUT2D eigenvalue weighted by Crippen LogP contribution is 2.40. The molecule has 7 nitrogen and oxygen atoms in total. The van der Waals surface area contributed by atoms with Gasteiger partial charge in [-0.2, -0.15) is 5.10 Å². The molecular weight excluding hydrogens is 306 g/mol. The van der Waals surface area contributed by atoms with Gasteiger partial charge in [-0.15, -0.1) is 0 Å². The van der Waals surface area contributed by atoms with Crippen LogP contribution < -0.4 is 5.32 Å². The largest absolute Gasteiger partial charge is 0.357 e. The van der Waals surface area contributed by atoms with Crippen molar-refractivity contribution in [1.82, 2.24) is 25.4 Å². The van der Waals surface area contributed by atoms with Gasteiger partial charge in [0.2, 0.25) is 0 Å². The molecule has 2 amide bonds. The lowest BCUT2D eigenvalue weighted by Crippen LogP contribution is -2.38. The van der Waals surface area contributed by atoms with Crippen LogP contribution in [0.15, 0.2) is 18.5 Å². The number of aromatic nitrogens is 3. The third-order valence-corrected chi connectivity index (χ3v) is 4.88. The summed E-state index contributed by atoms with van der Waals surface area (Å²) in [6, 6.07) is 1.86. The Morgan fingerprint density at radius 1 is 1.33 bits per heavy atom. The standard InChI is InChI=1S/C17H21N5O2/c1-10-4-6-18-14(10)16(23)20-12-5-7-22(9-12)17(24)13-8-19-21-15(13)11-2-3-11/h4,6,8,11-12,18H,2-3,5,7,9H2,1H3,(H,19,21)(H,20,23)/t12-/m0/s1. The minimum Gasteiger partial charge on any atom is -0.357 e. The number of amides is 2. The van der Waals surface area contributed by atoms with E-state index in [4.69, 9.17) is 0 Å². The van der Waals surface area contributed by atoms with Gasteiger partial charge in [0.05, 0.1) is 17.5 Å². The quantitative estimate of drug-likeness (QED) is 0.795. The molecule has 1 aliphatic heterocycles. The summed E-state index contributed by atoms with van der Waals surface area (Å²) < 4.78 is 0. The van der Waals surface area contributed by atoms with Crippen molar-refractivity contribution in [3.63, 3.8) is 0 Å². The fourth-order valence-electron chi connectivity index (χ4n) is 3.33. The first-order valence-corrected chi connectivity index (χ1v) is 8.41. The fraction of sp³-hybridized carbons (Fsp3) is 0.471. The molecule has 24 heavy (non-hydrogen) atoms. The molecule has 1 saturated carbocycles. The smallest absolute Gasteiger partial charge is 0.268 e. The van der Waals surface area contributed by atoms with Crippen LogP contribution in [0.5, 0.6) is 0 Å². The number of rotatable bonds is 4. The molecule has 0 radical (unpaired) electrons. The number of H-pyrrole nitrogens is 2. The van der Waals surface area contributed by atoms with Crippen LogP contribution in [0.25, 0.3) is 0 Å². The van der Waals surface area contributed by atoms with Crippen molar-refractivity contribution >= 4 is 11.8 Å². The number of hydrogen-bond donors (Lipinski definition) is 3. The lowest BCUT2D eigenvalue weighted by atomic mass is 10.1. The maximum atomic E-state index is 12.7. The number of carbonyl (C=O) groups excluding carboxylic acids is 2. The number of aromatic amines is 2. The molecule has 7 heteroatoms. The second-order valence-electron chi connectivity index (χ2n) is 6.72. The maximum absolute atomic E-state index is 12.7. The van der Waals surface area contributed by atoms with Gasteiger partial charge in [-0.1, -0.05) is 0 Å². The summed E-state index contributed by atoms with van der Waals surface area (Å²) in [6.45, 7) is 3.09. The fourth-order valence-corrected chi connectivity index (χ4v) is 3.33. The predicted octanol–water partition coefficient (Wildman–Crippen LogP) is 1.57. The van der Waals surface area contributed by atoms with Gasteiger partial charge in [-0.3, -0.25) is 14.7 Å². The summed E-state index contributed by atoms with van der Waals surface area (Å²) in [5.74, 6) is 0.359. The normalized spacial score (nSPS) is 20.4. The average molecular weight is 327 g/mol. The van der Waals surface area contributed by atoms with Gasteiger partial charge >= 0.3 is 0 Å². The van der Waals surface area contributed by atoms with E-state index in [1.165, 1.54) is 0 Å². The topological polar surface area (TPSA) is 93.9 Å². The predicted molar refractivity (Wildman–Crippen MR) is 87.9 cm³/mol. The van der Waals surface area contributed by atoms with Gasteiger partial charge < -0.3 is 15.2 Å². The van der Waals surface area contributed by atoms with Crippen molar-refractivity contribution in [3.8, 4) is 0 Å². The monoisotopic (exact) mass is 327 g/mol. The molecule has 0 unspecified atom stereocenters. The Morgan fingerprint density at radius 3 is 2.88 bits per heavy atom. The highest BCUT2D eigenvalue weighted by atomic mass is 16.2.